The van der Waals surface area contributed by atoms with Crippen molar-refractivity contribution in [3.63, 3.8) is 0 Å². The molecule has 0 radical (unpaired) electrons. The molecule has 0 bridgehead atoms. The number of rotatable bonds is 5. The van der Waals surface area contributed by atoms with E-state index in [1.807, 2.05) is 19.9 Å². The second kappa shape index (κ2) is 5.67. The van der Waals surface area contributed by atoms with Crippen molar-refractivity contribution in [2.24, 2.45) is 0 Å². The molecule has 6 heteroatoms. The molecule has 0 heterocycles. The zero-order valence-electron chi connectivity index (χ0n) is 12.9. The molecule has 1 N–H and O–H groups in total. The van der Waals surface area contributed by atoms with Gasteiger partial charge in [0.05, 0.1) is 11.9 Å². The van der Waals surface area contributed by atoms with Crippen LogP contribution in [0.15, 0.2) is 18.2 Å². The molecule has 1 atom stereocenters. The smallest absolute Gasteiger partial charge is 0.243 e. The van der Waals surface area contributed by atoms with Crippen molar-refractivity contribution in [1.82, 2.24) is 5.32 Å². The first-order valence-electron chi connectivity index (χ1n) is 7.06. The van der Waals surface area contributed by atoms with Gasteiger partial charge in [-0.2, -0.15) is 0 Å². The van der Waals surface area contributed by atoms with Crippen LogP contribution in [0.5, 0.6) is 0 Å². The Morgan fingerprint density at radius 1 is 1.24 bits per heavy atom. The SMILES string of the molecule is Cc1cc(C)cc(N(C(C)C(=O)NC2CC2)S(C)(=O)=O)c1. The first kappa shape index (κ1) is 15.8. The van der Waals surface area contributed by atoms with E-state index in [0.29, 0.717) is 5.69 Å². The fourth-order valence-electron chi connectivity index (χ4n) is 2.44. The minimum absolute atomic E-state index is 0.209. The van der Waals surface area contributed by atoms with Crippen molar-refractivity contribution in [3.05, 3.63) is 29.3 Å². The van der Waals surface area contributed by atoms with E-state index >= 15 is 0 Å². The van der Waals surface area contributed by atoms with E-state index in [9.17, 15) is 13.2 Å². The molecule has 0 aromatic heterocycles. The molecule has 1 aliphatic rings. The molecule has 1 amide bonds. The van der Waals surface area contributed by atoms with Crippen molar-refractivity contribution < 1.29 is 13.2 Å². The van der Waals surface area contributed by atoms with E-state index in [2.05, 4.69) is 5.32 Å². The van der Waals surface area contributed by atoms with Gasteiger partial charge in [-0.15, -0.1) is 0 Å². The van der Waals surface area contributed by atoms with E-state index in [-0.39, 0.29) is 11.9 Å². The minimum Gasteiger partial charge on any atom is -0.352 e. The Bertz CT molecular complexity index is 631. The summed E-state index contributed by atoms with van der Waals surface area (Å²) in [4.78, 5) is 12.2. The maximum absolute atomic E-state index is 12.2. The average molecular weight is 310 g/mol. The number of hydrogen-bond donors (Lipinski definition) is 1. The van der Waals surface area contributed by atoms with E-state index in [0.717, 1.165) is 30.2 Å². The van der Waals surface area contributed by atoms with Crippen LogP contribution >= 0.6 is 0 Å². The van der Waals surface area contributed by atoms with Gasteiger partial charge in [0.2, 0.25) is 15.9 Å². The summed E-state index contributed by atoms with van der Waals surface area (Å²) >= 11 is 0. The molecule has 1 aliphatic carbocycles. The Morgan fingerprint density at radius 3 is 2.19 bits per heavy atom. The maximum Gasteiger partial charge on any atom is 0.243 e. The lowest BCUT2D eigenvalue weighted by atomic mass is 10.1. The Morgan fingerprint density at radius 2 is 1.76 bits per heavy atom. The molecular formula is C15H22N2O3S. The summed E-state index contributed by atoms with van der Waals surface area (Å²) < 4.78 is 25.5. The standard InChI is InChI=1S/C15H22N2O3S/c1-10-7-11(2)9-14(8-10)17(21(4,19)20)12(3)15(18)16-13-5-6-13/h7-9,12-13H,5-6H2,1-4H3,(H,16,18). The Labute approximate surface area is 126 Å². The minimum atomic E-state index is -3.54. The van der Waals surface area contributed by atoms with E-state index in [4.69, 9.17) is 0 Å². The lowest BCUT2D eigenvalue weighted by Gasteiger charge is -2.28. The van der Waals surface area contributed by atoms with E-state index < -0.39 is 16.1 Å². The highest BCUT2D eigenvalue weighted by Crippen LogP contribution is 2.25. The predicted molar refractivity (Wildman–Crippen MR) is 83.9 cm³/mol. The lowest BCUT2D eigenvalue weighted by molar-refractivity contribution is -0.121. The van der Waals surface area contributed by atoms with Gasteiger partial charge < -0.3 is 5.32 Å². The topological polar surface area (TPSA) is 66.5 Å². The number of carbonyl (C=O) groups is 1. The summed E-state index contributed by atoms with van der Waals surface area (Å²) in [5, 5.41) is 2.86. The van der Waals surface area contributed by atoms with E-state index in [1.54, 1.807) is 19.1 Å². The summed E-state index contributed by atoms with van der Waals surface area (Å²) in [6.07, 6.45) is 3.08. The van der Waals surface area contributed by atoms with Gasteiger partial charge in [-0.25, -0.2) is 8.42 Å². The van der Waals surface area contributed by atoms with Crippen molar-refractivity contribution in [2.75, 3.05) is 10.6 Å². The molecule has 2 rings (SSSR count). The van der Waals surface area contributed by atoms with Crippen LogP contribution in [0, 0.1) is 13.8 Å². The number of anilines is 1. The van der Waals surface area contributed by atoms with Crippen LogP contribution in [0.4, 0.5) is 5.69 Å². The molecule has 0 saturated heterocycles. The van der Waals surface area contributed by atoms with Crippen LogP contribution in [0.3, 0.4) is 0 Å². The number of amides is 1. The molecule has 1 fully saturated rings. The molecule has 21 heavy (non-hydrogen) atoms. The van der Waals surface area contributed by atoms with Crippen LogP contribution in [-0.4, -0.2) is 32.7 Å². The first-order valence-corrected chi connectivity index (χ1v) is 8.91. The van der Waals surface area contributed by atoms with Gasteiger partial charge in [-0.1, -0.05) is 6.07 Å². The van der Waals surface area contributed by atoms with E-state index in [1.165, 1.54) is 4.31 Å². The summed E-state index contributed by atoms with van der Waals surface area (Å²) in [5.41, 5.74) is 2.47. The van der Waals surface area contributed by atoms with Crippen LogP contribution in [-0.2, 0) is 14.8 Å². The van der Waals surface area contributed by atoms with Crippen molar-refractivity contribution in [3.8, 4) is 0 Å². The van der Waals surface area contributed by atoms with Crippen LogP contribution < -0.4 is 9.62 Å². The molecule has 1 unspecified atom stereocenters. The molecule has 5 nitrogen and oxygen atoms in total. The van der Waals surface area contributed by atoms with Gasteiger partial charge in [0, 0.05) is 6.04 Å². The van der Waals surface area contributed by atoms with Crippen LogP contribution in [0.2, 0.25) is 0 Å². The van der Waals surface area contributed by atoms with Crippen molar-refractivity contribution in [1.29, 1.82) is 0 Å². The van der Waals surface area contributed by atoms with Crippen LogP contribution in [0.25, 0.3) is 0 Å². The molecule has 116 valence electrons. The Balaban J connectivity index is 2.35. The Kier molecular flexibility index (Phi) is 4.27. The monoisotopic (exact) mass is 310 g/mol. The molecule has 1 aromatic carbocycles. The van der Waals surface area contributed by atoms with Crippen molar-refractivity contribution in [2.45, 2.75) is 45.7 Å². The second-order valence-electron chi connectivity index (χ2n) is 5.86. The quantitative estimate of drug-likeness (QED) is 0.901. The largest absolute Gasteiger partial charge is 0.352 e. The zero-order valence-corrected chi connectivity index (χ0v) is 13.7. The van der Waals surface area contributed by atoms with Crippen molar-refractivity contribution >= 4 is 21.6 Å². The number of aryl methyl sites for hydroxylation is 2. The van der Waals surface area contributed by atoms with Gasteiger partial charge >= 0.3 is 0 Å². The molecule has 1 aromatic rings. The number of sulfonamides is 1. The third kappa shape index (κ3) is 3.97. The maximum atomic E-state index is 12.2. The zero-order chi connectivity index (χ0) is 15.8. The predicted octanol–water partition coefficient (Wildman–Crippen LogP) is 1.74. The number of nitrogens with one attached hydrogen (secondary N) is 1. The molecule has 0 aliphatic heterocycles. The molecule has 0 spiro atoms. The normalized spacial score (nSPS) is 16.4. The third-order valence-corrected chi connectivity index (χ3v) is 4.71. The first-order chi connectivity index (χ1) is 9.68. The van der Waals surface area contributed by atoms with Gasteiger partial charge in [0.1, 0.15) is 6.04 Å². The lowest BCUT2D eigenvalue weighted by Crippen LogP contribution is -2.48. The summed E-state index contributed by atoms with van der Waals surface area (Å²) in [7, 11) is -3.54. The highest BCUT2D eigenvalue weighted by atomic mass is 32.2. The van der Waals surface area contributed by atoms with Gasteiger partial charge in [-0.3, -0.25) is 9.10 Å². The number of hydrogen-bond acceptors (Lipinski definition) is 3. The summed E-state index contributed by atoms with van der Waals surface area (Å²) in [6.45, 7) is 5.44. The average Bonchev–Trinajstić information content (AvgIpc) is 3.09. The highest BCUT2D eigenvalue weighted by Gasteiger charge is 2.32. The fourth-order valence-corrected chi connectivity index (χ4v) is 3.59. The van der Waals surface area contributed by atoms with Gasteiger partial charge in [0.25, 0.3) is 0 Å². The molecule has 1 saturated carbocycles. The highest BCUT2D eigenvalue weighted by molar-refractivity contribution is 7.92. The number of nitrogens with zero attached hydrogens (tertiary/aromatic N) is 1. The second-order valence-corrected chi connectivity index (χ2v) is 7.72. The Hall–Kier alpha value is -1.56. The fraction of sp³-hybridized carbons (Fsp3) is 0.533. The number of benzene rings is 1. The third-order valence-electron chi connectivity index (χ3n) is 3.47. The summed E-state index contributed by atoms with van der Waals surface area (Å²) in [6, 6.07) is 4.99. The van der Waals surface area contributed by atoms with Crippen LogP contribution in [0.1, 0.15) is 30.9 Å². The molecular weight excluding hydrogens is 288 g/mol. The summed E-state index contributed by atoms with van der Waals surface area (Å²) in [5.74, 6) is -0.248. The number of carbonyl (C=O) groups excluding carboxylic acids is 1. The van der Waals surface area contributed by atoms with Gasteiger partial charge in [-0.05, 0) is 56.9 Å². The van der Waals surface area contributed by atoms with Gasteiger partial charge in [0.15, 0.2) is 0 Å².